The van der Waals surface area contributed by atoms with Crippen LogP contribution in [0.4, 0.5) is 22.0 Å². The van der Waals surface area contributed by atoms with Gasteiger partial charge in [0.2, 0.25) is 0 Å². The molecule has 7 heteroatoms. The molecule has 1 aromatic carbocycles. The van der Waals surface area contributed by atoms with Crippen molar-refractivity contribution in [2.75, 3.05) is 0 Å². The fraction of sp³-hybridized carbons (Fsp3) is 0.364. The van der Waals surface area contributed by atoms with Crippen molar-refractivity contribution < 1.29 is 31.5 Å². The molecule has 0 N–H and O–H groups in total. The van der Waals surface area contributed by atoms with E-state index in [4.69, 9.17) is 0 Å². The number of aryl methyl sites for hydroxylation is 1. The predicted octanol–water partition coefficient (Wildman–Crippen LogP) is 3.82. The summed E-state index contributed by atoms with van der Waals surface area (Å²) in [5.41, 5.74) is -1.93. The lowest BCUT2D eigenvalue weighted by Gasteiger charge is -2.17. The van der Waals surface area contributed by atoms with Crippen LogP contribution in [0.5, 0.6) is 5.75 Å². The Kier molecular flexibility index (Phi) is 3.93. The maximum atomic E-state index is 12.8. The first-order chi connectivity index (χ1) is 8.12. The summed E-state index contributed by atoms with van der Waals surface area (Å²) in [4.78, 5) is 11.2. The third-order valence-corrected chi connectivity index (χ3v) is 2.13. The number of carbonyl (C=O) groups is 1. The number of ether oxygens (including phenoxy) is 1. The molecule has 0 spiro atoms. The van der Waals surface area contributed by atoms with Gasteiger partial charge in [-0.05, 0) is 31.5 Å². The number of Topliss-reactive ketones (excluding diaryl/α,β-unsaturated/α-hetero) is 1. The highest BCUT2D eigenvalue weighted by Crippen LogP contribution is 2.40. The summed E-state index contributed by atoms with van der Waals surface area (Å²) in [6.07, 6.45) is -4.95. The highest BCUT2D eigenvalue weighted by Gasteiger charge is 2.39. The van der Waals surface area contributed by atoms with Crippen LogP contribution in [0.2, 0.25) is 0 Å². The van der Waals surface area contributed by atoms with Gasteiger partial charge in [0.25, 0.3) is 0 Å². The number of rotatable bonds is 3. The number of alkyl halides is 5. The van der Waals surface area contributed by atoms with Gasteiger partial charge < -0.3 is 4.74 Å². The molecular formula is C11H9F5O2. The summed E-state index contributed by atoms with van der Waals surface area (Å²) in [5.74, 6) is -1.91. The Labute approximate surface area is 99.4 Å². The number of hydrogen-bond donors (Lipinski definition) is 0. The van der Waals surface area contributed by atoms with Gasteiger partial charge in [0.1, 0.15) is 11.3 Å². The smallest absolute Gasteiger partial charge is 0.420 e. The van der Waals surface area contributed by atoms with E-state index in [0.717, 1.165) is 19.1 Å². The number of ketones is 1. The SMILES string of the molecule is CC(=O)c1cc(C)cc(OC(F)F)c1C(F)(F)F. The summed E-state index contributed by atoms with van der Waals surface area (Å²) in [7, 11) is 0. The van der Waals surface area contributed by atoms with Crippen LogP contribution in [-0.2, 0) is 6.18 Å². The molecule has 0 radical (unpaired) electrons. The Morgan fingerprint density at radius 2 is 1.83 bits per heavy atom. The van der Waals surface area contributed by atoms with Crippen LogP contribution in [0.25, 0.3) is 0 Å². The number of hydrogen-bond acceptors (Lipinski definition) is 2. The molecule has 100 valence electrons. The Bertz CT molecular complexity index is 465. The van der Waals surface area contributed by atoms with Gasteiger partial charge in [0.05, 0.1) is 0 Å². The van der Waals surface area contributed by atoms with Gasteiger partial charge in [-0.25, -0.2) is 0 Å². The van der Waals surface area contributed by atoms with Gasteiger partial charge in [-0.1, -0.05) is 0 Å². The lowest BCUT2D eigenvalue weighted by Crippen LogP contribution is -2.16. The van der Waals surface area contributed by atoms with Crippen molar-refractivity contribution in [3.8, 4) is 5.75 Å². The van der Waals surface area contributed by atoms with E-state index in [-0.39, 0.29) is 5.56 Å². The molecule has 0 saturated carbocycles. The summed E-state index contributed by atoms with van der Waals surface area (Å²) in [6, 6.07) is 1.81. The van der Waals surface area contributed by atoms with Crippen LogP contribution < -0.4 is 4.74 Å². The van der Waals surface area contributed by atoms with Crippen molar-refractivity contribution in [3.05, 3.63) is 28.8 Å². The fourth-order valence-corrected chi connectivity index (χ4v) is 1.51. The zero-order valence-electron chi connectivity index (χ0n) is 9.44. The molecule has 0 atom stereocenters. The van der Waals surface area contributed by atoms with Crippen molar-refractivity contribution in [3.63, 3.8) is 0 Å². The minimum Gasteiger partial charge on any atom is -0.434 e. The van der Waals surface area contributed by atoms with Gasteiger partial charge in [-0.3, -0.25) is 4.79 Å². The van der Waals surface area contributed by atoms with Gasteiger partial charge in [-0.2, -0.15) is 22.0 Å². The van der Waals surface area contributed by atoms with E-state index >= 15 is 0 Å². The standard InChI is InChI=1S/C11H9F5O2/c1-5-3-7(6(2)17)9(11(14,15)16)8(4-5)18-10(12)13/h3-4,10H,1-2H3. The molecular weight excluding hydrogens is 259 g/mol. The molecule has 0 aromatic heterocycles. The third kappa shape index (κ3) is 3.18. The summed E-state index contributed by atoms with van der Waals surface area (Å²) in [6.45, 7) is -1.09. The van der Waals surface area contributed by atoms with E-state index < -0.39 is 35.4 Å². The third-order valence-electron chi connectivity index (χ3n) is 2.13. The van der Waals surface area contributed by atoms with Crippen LogP contribution in [0, 0.1) is 6.92 Å². The topological polar surface area (TPSA) is 26.3 Å². The lowest BCUT2D eigenvalue weighted by molar-refractivity contribution is -0.142. The second-order valence-corrected chi connectivity index (χ2v) is 3.62. The minimum absolute atomic E-state index is 0.226. The van der Waals surface area contributed by atoms with Gasteiger partial charge >= 0.3 is 12.8 Å². The van der Waals surface area contributed by atoms with Crippen molar-refractivity contribution in [2.24, 2.45) is 0 Å². The maximum Gasteiger partial charge on any atom is 0.420 e. The second-order valence-electron chi connectivity index (χ2n) is 3.62. The Morgan fingerprint density at radius 3 is 2.22 bits per heavy atom. The summed E-state index contributed by atoms with van der Waals surface area (Å²) >= 11 is 0. The molecule has 0 unspecified atom stereocenters. The molecule has 0 bridgehead atoms. The Hall–Kier alpha value is -1.66. The first-order valence-corrected chi connectivity index (χ1v) is 4.80. The highest BCUT2D eigenvalue weighted by atomic mass is 19.4. The lowest BCUT2D eigenvalue weighted by atomic mass is 10.00. The molecule has 0 amide bonds. The molecule has 2 nitrogen and oxygen atoms in total. The highest BCUT2D eigenvalue weighted by molar-refractivity contribution is 5.96. The number of halogens is 5. The Morgan fingerprint density at radius 1 is 1.28 bits per heavy atom. The zero-order valence-corrected chi connectivity index (χ0v) is 9.44. The quantitative estimate of drug-likeness (QED) is 0.615. The molecule has 0 aliphatic heterocycles. The summed E-state index contributed by atoms with van der Waals surface area (Å²) in [5, 5.41) is 0. The molecule has 18 heavy (non-hydrogen) atoms. The molecule has 0 fully saturated rings. The Balaban J connectivity index is 3.53. The van der Waals surface area contributed by atoms with Crippen molar-refractivity contribution in [1.82, 2.24) is 0 Å². The van der Waals surface area contributed by atoms with Crippen molar-refractivity contribution in [1.29, 1.82) is 0 Å². The van der Waals surface area contributed by atoms with Crippen LogP contribution in [0.3, 0.4) is 0 Å². The van der Waals surface area contributed by atoms with E-state index in [2.05, 4.69) is 4.74 Å². The first kappa shape index (κ1) is 14.4. The van der Waals surface area contributed by atoms with Gasteiger partial charge in [0.15, 0.2) is 5.78 Å². The van der Waals surface area contributed by atoms with Gasteiger partial charge in [-0.15, -0.1) is 0 Å². The van der Waals surface area contributed by atoms with Crippen molar-refractivity contribution >= 4 is 5.78 Å². The average molecular weight is 268 g/mol. The summed E-state index contributed by atoms with van der Waals surface area (Å²) < 4.78 is 66.3. The van der Waals surface area contributed by atoms with E-state index in [1.807, 2.05) is 0 Å². The monoisotopic (exact) mass is 268 g/mol. The molecule has 0 aliphatic rings. The molecule has 0 aliphatic carbocycles. The number of carbonyl (C=O) groups excluding carboxylic acids is 1. The largest absolute Gasteiger partial charge is 0.434 e. The minimum atomic E-state index is -4.95. The molecule has 1 rings (SSSR count). The zero-order chi connectivity index (χ0) is 14.1. The fourth-order valence-electron chi connectivity index (χ4n) is 1.51. The van der Waals surface area contributed by atoms with E-state index in [1.165, 1.54) is 6.92 Å². The first-order valence-electron chi connectivity index (χ1n) is 4.80. The maximum absolute atomic E-state index is 12.8. The van der Waals surface area contributed by atoms with E-state index in [0.29, 0.717) is 0 Å². The van der Waals surface area contributed by atoms with E-state index in [1.54, 1.807) is 0 Å². The normalized spacial score (nSPS) is 11.8. The van der Waals surface area contributed by atoms with Crippen LogP contribution in [0.1, 0.15) is 28.4 Å². The molecule has 0 saturated heterocycles. The molecule has 1 aromatic rings. The van der Waals surface area contributed by atoms with E-state index in [9.17, 15) is 26.7 Å². The van der Waals surface area contributed by atoms with Crippen molar-refractivity contribution in [2.45, 2.75) is 26.6 Å². The van der Waals surface area contributed by atoms with Crippen LogP contribution in [0.15, 0.2) is 12.1 Å². The van der Waals surface area contributed by atoms with Crippen LogP contribution in [-0.4, -0.2) is 12.4 Å². The predicted molar refractivity (Wildman–Crippen MR) is 52.8 cm³/mol. The van der Waals surface area contributed by atoms with Crippen LogP contribution >= 0.6 is 0 Å². The van der Waals surface area contributed by atoms with Gasteiger partial charge in [0, 0.05) is 5.56 Å². The second kappa shape index (κ2) is 4.91. The number of benzene rings is 1. The molecule has 0 heterocycles. The average Bonchev–Trinajstić information content (AvgIpc) is 2.12.